The molecule has 2 aromatic rings. The third-order valence-corrected chi connectivity index (χ3v) is 5.55. The lowest BCUT2D eigenvalue weighted by molar-refractivity contribution is -0.140. The summed E-state index contributed by atoms with van der Waals surface area (Å²) < 4.78 is 5.49. The first kappa shape index (κ1) is 16.5. The summed E-state index contributed by atoms with van der Waals surface area (Å²) >= 11 is 0. The van der Waals surface area contributed by atoms with E-state index in [0.29, 0.717) is 25.4 Å². The van der Waals surface area contributed by atoms with Gasteiger partial charge in [-0.25, -0.2) is 4.98 Å². The summed E-state index contributed by atoms with van der Waals surface area (Å²) in [7, 11) is 0. The van der Waals surface area contributed by atoms with Crippen molar-refractivity contribution in [2.24, 2.45) is 0 Å². The van der Waals surface area contributed by atoms with Crippen LogP contribution in [0.15, 0.2) is 18.3 Å². The van der Waals surface area contributed by atoms with E-state index in [1.54, 1.807) is 6.20 Å². The highest BCUT2D eigenvalue weighted by Crippen LogP contribution is 2.34. The highest BCUT2D eigenvalue weighted by molar-refractivity contribution is 5.87. The molecule has 7 nitrogen and oxygen atoms in total. The van der Waals surface area contributed by atoms with Crippen molar-refractivity contribution in [2.75, 3.05) is 26.3 Å². The molecule has 1 amide bonds. The molecule has 7 heteroatoms. The van der Waals surface area contributed by atoms with Gasteiger partial charge in [0.05, 0.1) is 25.5 Å². The molecule has 2 N–H and O–H groups in total. The lowest BCUT2D eigenvalue weighted by Gasteiger charge is -2.46. The van der Waals surface area contributed by atoms with Gasteiger partial charge in [0, 0.05) is 24.7 Å². The minimum Gasteiger partial charge on any atom is -0.379 e. The number of H-pyrrole nitrogens is 1. The summed E-state index contributed by atoms with van der Waals surface area (Å²) in [6.07, 6.45) is 7.04. The van der Waals surface area contributed by atoms with Crippen LogP contribution in [0, 0.1) is 0 Å². The molecule has 1 saturated heterocycles. The van der Waals surface area contributed by atoms with E-state index in [1.165, 1.54) is 6.42 Å². The number of morpholine rings is 1. The summed E-state index contributed by atoms with van der Waals surface area (Å²) in [4.78, 5) is 19.8. The summed E-state index contributed by atoms with van der Waals surface area (Å²) in [5.74, 6) is 0.140. The Balaban J connectivity index is 1.50. The van der Waals surface area contributed by atoms with Crippen LogP contribution in [0.4, 0.5) is 0 Å². The topological polar surface area (TPSA) is 83.1 Å². The van der Waals surface area contributed by atoms with Gasteiger partial charge in [-0.3, -0.25) is 14.8 Å². The molecule has 0 bridgehead atoms. The van der Waals surface area contributed by atoms with Crippen LogP contribution >= 0.6 is 0 Å². The molecular formula is C18H25N5O2. The maximum Gasteiger partial charge on any atom is 0.240 e. The largest absolute Gasteiger partial charge is 0.379 e. The molecule has 0 unspecified atom stereocenters. The Bertz CT molecular complexity index is 732. The molecule has 1 aliphatic carbocycles. The van der Waals surface area contributed by atoms with Gasteiger partial charge in [-0.05, 0) is 25.0 Å². The van der Waals surface area contributed by atoms with Crippen molar-refractivity contribution in [3.63, 3.8) is 0 Å². The first-order chi connectivity index (χ1) is 12.3. The zero-order chi connectivity index (χ0) is 17.1. The SMILES string of the molecule is O=C(NCc1[nH]nc2ncccc12)C1(N2CCOCC2)CCCCC1. The summed E-state index contributed by atoms with van der Waals surface area (Å²) in [5.41, 5.74) is 1.22. The summed E-state index contributed by atoms with van der Waals surface area (Å²) in [5, 5.41) is 11.3. The van der Waals surface area contributed by atoms with Crippen LogP contribution in [0.2, 0.25) is 0 Å². The Morgan fingerprint density at radius 3 is 2.88 bits per heavy atom. The number of pyridine rings is 1. The molecule has 0 spiro atoms. The third-order valence-electron chi connectivity index (χ3n) is 5.55. The van der Waals surface area contributed by atoms with Gasteiger partial charge in [0.2, 0.25) is 5.91 Å². The Kier molecular flexibility index (Phi) is 4.67. The molecule has 25 heavy (non-hydrogen) atoms. The molecule has 134 valence electrons. The number of aromatic nitrogens is 3. The predicted octanol–water partition coefficient (Wildman–Crippen LogP) is 1.61. The van der Waals surface area contributed by atoms with Gasteiger partial charge in [0.15, 0.2) is 5.65 Å². The molecule has 0 aromatic carbocycles. The normalized spacial score (nSPS) is 21.3. The highest BCUT2D eigenvalue weighted by atomic mass is 16.5. The van der Waals surface area contributed by atoms with Crippen molar-refractivity contribution in [1.29, 1.82) is 0 Å². The number of nitrogens with one attached hydrogen (secondary N) is 2. The number of carbonyl (C=O) groups excluding carboxylic acids is 1. The van der Waals surface area contributed by atoms with Crippen molar-refractivity contribution in [3.8, 4) is 0 Å². The Hall–Kier alpha value is -1.99. The zero-order valence-electron chi connectivity index (χ0n) is 14.5. The van der Waals surface area contributed by atoms with E-state index >= 15 is 0 Å². The minimum absolute atomic E-state index is 0.140. The fraction of sp³-hybridized carbons (Fsp3) is 0.611. The lowest BCUT2D eigenvalue weighted by atomic mass is 9.79. The van der Waals surface area contributed by atoms with Crippen molar-refractivity contribution >= 4 is 16.9 Å². The van der Waals surface area contributed by atoms with Gasteiger partial charge >= 0.3 is 0 Å². The molecule has 0 radical (unpaired) electrons. The number of amides is 1. The van der Waals surface area contributed by atoms with Crippen molar-refractivity contribution in [3.05, 3.63) is 24.0 Å². The number of hydrogen-bond acceptors (Lipinski definition) is 5. The lowest BCUT2D eigenvalue weighted by Crippen LogP contribution is -2.62. The summed E-state index contributed by atoms with van der Waals surface area (Å²) in [6, 6.07) is 3.87. The summed E-state index contributed by atoms with van der Waals surface area (Å²) in [6.45, 7) is 3.56. The maximum absolute atomic E-state index is 13.2. The minimum atomic E-state index is -0.379. The van der Waals surface area contributed by atoms with E-state index in [4.69, 9.17) is 4.74 Å². The van der Waals surface area contributed by atoms with Crippen LogP contribution in [0.1, 0.15) is 37.8 Å². The molecule has 2 aliphatic rings. The van der Waals surface area contributed by atoms with Gasteiger partial charge in [-0.1, -0.05) is 19.3 Å². The smallest absolute Gasteiger partial charge is 0.240 e. The zero-order valence-corrected chi connectivity index (χ0v) is 14.5. The van der Waals surface area contributed by atoms with E-state index in [-0.39, 0.29) is 11.4 Å². The van der Waals surface area contributed by atoms with Gasteiger partial charge in [0.25, 0.3) is 0 Å². The van der Waals surface area contributed by atoms with E-state index in [2.05, 4.69) is 25.4 Å². The monoisotopic (exact) mass is 343 g/mol. The van der Waals surface area contributed by atoms with E-state index in [1.807, 2.05) is 12.1 Å². The van der Waals surface area contributed by atoms with Crippen LogP contribution in [0.25, 0.3) is 11.0 Å². The van der Waals surface area contributed by atoms with Gasteiger partial charge in [0.1, 0.15) is 5.54 Å². The Morgan fingerprint density at radius 1 is 1.28 bits per heavy atom. The van der Waals surface area contributed by atoms with Crippen molar-refractivity contribution in [2.45, 2.75) is 44.2 Å². The van der Waals surface area contributed by atoms with Crippen LogP contribution < -0.4 is 5.32 Å². The van der Waals surface area contributed by atoms with Crippen molar-refractivity contribution < 1.29 is 9.53 Å². The first-order valence-electron chi connectivity index (χ1n) is 9.19. The molecule has 4 rings (SSSR count). The number of nitrogens with zero attached hydrogens (tertiary/aromatic N) is 3. The Labute approximate surface area is 147 Å². The van der Waals surface area contributed by atoms with Crippen LogP contribution in [0.5, 0.6) is 0 Å². The number of hydrogen-bond donors (Lipinski definition) is 2. The second-order valence-electron chi connectivity index (χ2n) is 6.95. The van der Waals surface area contributed by atoms with E-state index in [0.717, 1.165) is 49.9 Å². The number of aromatic amines is 1. The quantitative estimate of drug-likeness (QED) is 0.881. The van der Waals surface area contributed by atoms with Crippen molar-refractivity contribution in [1.82, 2.24) is 25.4 Å². The molecule has 2 aromatic heterocycles. The highest BCUT2D eigenvalue weighted by Gasteiger charge is 2.44. The number of fused-ring (bicyclic) bond motifs is 1. The van der Waals surface area contributed by atoms with Crippen LogP contribution in [-0.2, 0) is 16.1 Å². The predicted molar refractivity (Wildman–Crippen MR) is 93.9 cm³/mol. The fourth-order valence-corrected chi connectivity index (χ4v) is 4.19. The van der Waals surface area contributed by atoms with Crippen LogP contribution in [-0.4, -0.2) is 57.8 Å². The Morgan fingerprint density at radius 2 is 2.08 bits per heavy atom. The second kappa shape index (κ2) is 7.09. The third kappa shape index (κ3) is 3.14. The van der Waals surface area contributed by atoms with Crippen LogP contribution in [0.3, 0.4) is 0 Å². The maximum atomic E-state index is 13.2. The standard InChI is InChI=1S/C18H25N5O2/c24-17(20-13-15-14-5-4-8-19-16(14)22-21-15)18(6-2-1-3-7-18)23-9-11-25-12-10-23/h4-5,8H,1-3,6-7,9-13H2,(H,20,24)(H,19,21,22). The van der Waals surface area contributed by atoms with E-state index in [9.17, 15) is 4.79 Å². The second-order valence-corrected chi connectivity index (χ2v) is 6.95. The average Bonchev–Trinajstić information content (AvgIpc) is 3.10. The molecule has 3 heterocycles. The molecule has 1 saturated carbocycles. The molecular weight excluding hydrogens is 318 g/mol. The average molecular weight is 343 g/mol. The molecule has 0 atom stereocenters. The fourth-order valence-electron chi connectivity index (χ4n) is 4.19. The van der Waals surface area contributed by atoms with E-state index < -0.39 is 0 Å². The first-order valence-corrected chi connectivity index (χ1v) is 9.19. The van der Waals surface area contributed by atoms with Gasteiger partial charge in [-0.2, -0.15) is 5.10 Å². The van der Waals surface area contributed by atoms with Gasteiger partial charge in [-0.15, -0.1) is 0 Å². The number of carbonyl (C=O) groups is 1. The number of ether oxygens (including phenoxy) is 1. The molecule has 1 aliphatic heterocycles. The molecule has 2 fully saturated rings. The number of rotatable bonds is 4. The van der Waals surface area contributed by atoms with Gasteiger partial charge < -0.3 is 10.1 Å².